The summed E-state index contributed by atoms with van der Waals surface area (Å²) in [7, 11) is 0. The Balaban J connectivity index is 1.84. The smallest absolute Gasteiger partial charge is 0.124 e. The molecule has 3 N–H and O–H groups in total. The number of rotatable bonds is 4. The Bertz CT molecular complexity index is 657. The zero-order chi connectivity index (χ0) is 14.8. The number of aryl methyl sites for hydroxylation is 2. The van der Waals surface area contributed by atoms with E-state index < -0.39 is 0 Å². The minimum absolute atomic E-state index is 0.0422. The van der Waals surface area contributed by atoms with E-state index in [0.717, 1.165) is 16.5 Å². The van der Waals surface area contributed by atoms with Gasteiger partial charge in [0, 0.05) is 4.47 Å². The van der Waals surface area contributed by atoms with Crippen LogP contribution >= 0.6 is 15.9 Å². The highest BCUT2D eigenvalue weighted by Gasteiger charge is 2.16. The van der Waals surface area contributed by atoms with Gasteiger partial charge in [0.1, 0.15) is 5.82 Å². The highest BCUT2D eigenvalue weighted by atomic mass is 79.9. The van der Waals surface area contributed by atoms with Gasteiger partial charge in [-0.25, -0.2) is 4.39 Å². The van der Waals surface area contributed by atoms with Gasteiger partial charge in [0.05, 0.1) is 6.04 Å². The first-order valence-corrected chi connectivity index (χ1v) is 7.98. The number of hydrogen-bond acceptors (Lipinski definition) is 2. The van der Waals surface area contributed by atoms with Crippen LogP contribution in [0.25, 0.3) is 0 Å². The van der Waals surface area contributed by atoms with Crippen molar-refractivity contribution >= 4 is 15.9 Å². The molecule has 0 saturated heterocycles. The monoisotopic (exact) mass is 348 g/mol. The van der Waals surface area contributed by atoms with Crippen LogP contribution in [0.5, 0.6) is 0 Å². The van der Waals surface area contributed by atoms with Gasteiger partial charge in [-0.05, 0) is 60.1 Å². The van der Waals surface area contributed by atoms with Crippen LogP contribution in [0.2, 0.25) is 0 Å². The van der Waals surface area contributed by atoms with E-state index >= 15 is 0 Å². The molecule has 0 saturated carbocycles. The Morgan fingerprint density at radius 2 is 1.95 bits per heavy atom. The summed E-state index contributed by atoms with van der Waals surface area (Å²) in [5.74, 6) is 5.46. The lowest BCUT2D eigenvalue weighted by atomic mass is 9.97. The summed E-state index contributed by atoms with van der Waals surface area (Å²) >= 11 is 3.42. The van der Waals surface area contributed by atoms with E-state index in [1.54, 1.807) is 6.07 Å². The molecule has 0 spiro atoms. The summed E-state index contributed by atoms with van der Waals surface area (Å²) < 4.78 is 14.0. The SMILES string of the molecule is NNC(Cc1ccc2c(c1)CCC2)c1ccc(F)cc1Br. The molecule has 3 rings (SSSR count). The molecule has 0 radical (unpaired) electrons. The van der Waals surface area contributed by atoms with Gasteiger partial charge in [-0.15, -0.1) is 0 Å². The van der Waals surface area contributed by atoms with Gasteiger partial charge in [0.25, 0.3) is 0 Å². The second kappa shape index (κ2) is 6.26. The Kier molecular flexibility index (Phi) is 4.38. The molecule has 0 amide bonds. The van der Waals surface area contributed by atoms with Gasteiger partial charge >= 0.3 is 0 Å². The highest BCUT2D eigenvalue weighted by molar-refractivity contribution is 9.10. The molecule has 2 nitrogen and oxygen atoms in total. The fourth-order valence-electron chi connectivity index (χ4n) is 3.03. The van der Waals surface area contributed by atoms with Gasteiger partial charge < -0.3 is 0 Å². The van der Waals surface area contributed by atoms with Crippen molar-refractivity contribution < 1.29 is 4.39 Å². The van der Waals surface area contributed by atoms with Gasteiger partial charge in [0.15, 0.2) is 0 Å². The van der Waals surface area contributed by atoms with Crippen molar-refractivity contribution in [2.75, 3.05) is 0 Å². The fourth-order valence-corrected chi connectivity index (χ4v) is 3.66. The molecule has 2 aromatic carbocycles. The van der Waals surface area contributed by atoms with Crippen molar-refractivity contribution in [3.63, 3.8) is 0 Å². The first kappa shape index (κ1) is 14.7. The topological polar surface area (TPSA) is 38.0 Å². The number of benzene rings is 2. The van der Waals surface area contributed by atoms with E-state index in [2.05, 4.69) is 39.6 Å². The predicted molar refractivity (Wildman–Crippen MR) is 86.3 cm³/mol. The summed E-state index contributed by atoms with van der Waals surface area (Å²) in [5, 5.41) is 0. The number of fused-ring (bicyclic) bond motifs is 1. The molecule has 0 fully saturated rings. The van der Waals surface area contributed by atoms with E-state index in [1.807, 2.05) is 0 Å². The van der Waals surface area contributed by atoms with E-state index in [9.17, 15) is 4.39 Å². The summed E-state index contributed by atoms with van der Waals surface area (Å²) in [6.07, 6.45) is 4.40. The number of halogens is 2. The average Bonchev–Trinajstić information content (AvgIpc) is 2.93. The van der Waals surface area contributed by atoms with Crippen LogP contribution in [0.1, 0.15) is 34.7 Å². The molecule has 0 aromatic heterocycles. The molecular formula is C17H18BrFN2. The molecule has 1 aliphatic rings. The molecule has 0 bridgehead atoms. The third kappa shape index (κ3) is 3.18. The largest absolute Gasteiger partial charge is 0.271 e. The van der Waals surface area contributed by atoms with Gasteiger partial charge in [-0.2, -0.15) is 0 Å². The maximum absolute atomic E-state index is 13.2. The molecule has 21 heavy (non-hydrogen) atoms. The van der Waals surface area contributed by atoms with Crippen molar-refractivity contribution in [2.45, 2.75) is 31.7 Å². The van der Waals surface area contributed by atoms with Gasteiger partial charge in [0.2, 0.25) is 0 Å². The molecule has 1 unspecified atom stereocenters. The van der Waals surface area contributed by atoms with E-state index in [0.29, 0.717) is 0 Å². The quantitative estimate of drug-likeness (QED) is 0.651. The van der Waals surface area contributed by atoms with Gasteiger partial charge in [-0.1, -0.05) is 40.2 Å². The highest BCUT2D eigenvalue weighted by Crippen LogP contribution is 2.28. The van der Waals surface area contributed by atoms with Crippen molar-refractivity contribution in [3.8, 4) is 0 Å². The van der Waals surface area contributed by atoms with E-state index in [1.165, 1.54) is 48.1 Å². The zero-order valence-corrected chi connectivity index (χ0v) is 13.3. The van der Waals surface area contributed by atoms with Gasteiger partial charge in [-0.3, -0.25) is 11.3 Å². The van der Waals surface area contributed by atoms with Crippen molar-refractivity contribution in [2.24, 2.45) is 5.84 Å². The second-order valence-corrected chi connectivity index (χ2v) is 6.40. The summed E-state index contributed by atoms with van der Waals surface area (Å²) in [6.45, 7) is 0. The minimum Gasteiger partial charge on any atom is -0.271 e. The molecule has 1 atom stereocenters. The lowest BCUT2D eigenvalue weighted by Crippen LogP contribution is -2.30. The van der Waals surface area contributed by atoms with Crippen LogP contribution in [0.3, 0.4) is 0 Å². The van der Waals surface area contributed by atoms with Crippen LogP contribution in [0.4, 0.5) is 4.39 Å². The lowest BCUT2D eigenvalue weighted by Gasteiger charge is -2.18. The Morgan fingerprint density at radius 1 is 1.14 bits per heavy atom. The van der Waals surface area contributed by atoms with Crippen molar-refractivity contribution in [3.05, 3.63) is 68.9 Å². The summed E-state index contributed by atoms with van der Waals surface area (Å²) in [5.41, 5.74) is 8.00. The van der Waals surface area contributed by atoms with Crippen LogP contribution in [0, 0.1) is 5.82 Å². The zero-order valence-electron chi connectivity index (χ0n) is 11.7. The molecule has 0 aliphatic heterocycles. The predicted octanol–water partition coefficient (Wildman–Crippen LogP) is 3.82. The van der Waals surface area contributed by atoms with Crippen LogP contribution < -0.4 is 11.3 Å². The van der Waals surface area contributed by atoms with E-state index in [-0.39, 0.29) is 11.9 Å². The molecule has 0 heterocycles. The normalized spacial score (nSPS) is 15.0. The summed E-state index contributed by atoms with van der Waals surface area (Å²) in [4.78, 5) is 0. The molecule has 2 aromatic rings. The number of nitrogens with one attached hydrogen (secondary N) is 1. The van der Waals surface area contributed by atoms with Crippen LogP contribution in [0.15, 0.2) is 40.9 Å². The summed E-state index contributed by atoms with van der Waals surface area (Å²) in [6, 6.07) is 11.4. The second-order valence-electron chi connectivity index (χ2n) is 5.55. The maximum atomic E-state index is 13.2. The lowest BCUT2D eigenvalue weighted by molar-refractivity contribution is 0.547. The molecule has 4 heteroatoms. The molecular weight excluding hydrogens is 331 g/mol. The van der Waals surface area contributed by atoms with Crippen LogP contribution in [-0.4, -0.2) is 0 Å². The number of nitrogens with two attached hydrogens (primary N) is 1. The first-order chi connectivity index (χ1) is 10.2. The Morgan fingerprint density at radius 3 is 2.71 bits per heavy atom. The number of hydrogen-bond donors (Lipinski definition) is 2. The van der Waals surface area contributed by atoms with Crippen molar-refractivity contribution in [1.29, 1.82) is 0 Å². The third-order valence-electron chi connectivity index (χ3n) is 4.14. The standard InChI is InChI=1S/C17H18BrFN2/c18-16-10-14(19)6-7-15(16)17(21-20)9-11-4-5-12-2-1-3-13(12)8-11/h4-8,10,17,21H,1-3,9,20H2. The third-order valence-corrected chi connectivity index (χ3v) is 4.83. The van der Waals surface area contributed by atoms with E-state index in [4.69, 9.17) is 5.84 Å². The average molecular weight is 349 g/mol. The fraction of sp³-hybridized carbons (Fsp3) is 0.294. The van der Waals surface area contributed by atoms with Crippen molar-refractivity contribution in [1.82, 2.24) is 5.43 Å². The van der Waals surface area contributed by atoms with Crippen LogP contribution in [-0.2, 0) is 19.3 Å². The Hall–Kier alpha value is -1.23. The first-order valence-electron chi connectivity index (χ1n) is 7.19. The Labute approximate surface area is 132 Å². The maximum Gasteiger partial charge on any atom is 0.124 e. The molecule has 1 aliphatic carbocycles. The minimum atomic E-state index is -0.251. The molecule has 110 valence electrons. The number of hydrazine groups is 1.